The monoisotopic (exact) mass is 385 g/mol. The molecule has 0 aliphatic carbocycles. The lowest BCUT2D eigenvalue weighted by Crippen LogP contribution is -2.20. The van der Waals surface area contributed by atoms with Crippen molar-refractivity contribution in [1.29, 1.82) is 0 Å². The Morgan fingerprint density at radius 1 is 0.931 bits per heavy atom. The number of carbonyl (C=O) groups excluding carboxylic acids is 1. The van der Waals surface area contributed by atoms with Crippen molar-refractivity contribution in [1.82, 2.24) is 10.1 Å². The summed E-state index contributed by atoms with van der Waals surface area (Å²) >= 11 is 0. The van der Waals surface area contributed by atoms with E-state index in [9.17, 15) is 4.79 Å². The van der Waals surface area contributed by atoms with Crippen molar-refractivity contribution < 1.29 is 14.1 Å². The summed E-state index contributed by atoms with van der Waals surface area (Å²) in [4.78, 5) is 16.6. The van der Waals surface area contributed by atoms with E-state index in [4.69, 9.17) is 9.26 Å². The van der Waals surface area contributed by atoms with Crippen molar-refractivity contribution in [2.45, 2.75) is 6.92 Å². The highest BCUT2D eigenvalue weighted by Gasteiger charge is 2.10. The summed E-state index contributed by atoms with van der Waals surface area (Å²) in [5, 5.41) is 6.80. The second-order valence-electron chi connectivity index (χ2n) is 6.41. The molecular formula is C23H19N3O3. The number of aryl methyl sites for hydroxylation is 1. The van der Waals surface area contributed by atoms with Gasteiger partial charge in [0.1, 0.15) is 5.75 Å². The molecule has 0 fully saturated rings. The lowest BCUT2D eigenvalue weighted by atomic mass is 10.0. The number of benzene rings is 3. The Morgan fingerprint density at radius 3 is 2.38 bits per heavy atom. The van der Waals surface area contributed by atoms with Crippen LogP contribution < -0.4 is 10.1 Å². The molecule has 1 heterocycles. The Bertz CT molecular complexity index is 1110. The van der Waals surface area contributed by atoms with Crippen LogP contribution in [0.3, 0.4) is 0 Å². The Labute approximate surface area is 168 Å². The van der Waals surface area contributed by atoms with E-state index in [0.29, 0.717) is 17.5 Å². The molecule has 0 unspecified atom stereocenters. The Kier molecular flexibility index (Phi) is 5.33. The molecular weight excluding hydrogens is 366 g/mol. The molecule has 1 N–H and O–H groups in total. The molecule has 6 nitrogen and oxygen atoms in total. The Morgan fingerprint density at radius 2 is 1.66 bits per heavy atom. The van der Waals surface area contributed by atoms with E-state index in [0.717, 1.165) is 22.4 Å². The third-order valence-electron chi connectivity index (χ3n) is 4.30. The van der Waals surface area contributed by atoms with Gasteiger partial charge in [-0.3, -0.25) is 4.79 Å². The van der Waals surface area contributed by atoms with Gasteiger partial charge in [0, 0.05) is 23.7 Å². The van der Waals surface area contributed by atoms with Gasteiger partial charge in [-0.05, 0) is 35.9 Å². The lowest BCUT2D eigenvalue weighted by molar-refractivity contribution is -0.118. The first-order chi connectivity index (χ1) is 14.2. The fourth-order valence-electron chi connectivity index (χ4n) is 2.91. The van der Waals surface area contributed by atoms with Gasteiger partial charge in [-0.25, -0.2) is 0 Å². The largest absolute Gasteiger partial charge is 0.484 e. The van der Waals surface area contributed by atoms with Crippen LogP contribution in [0.5, 0.6) is 5.75 Å². The molecule has 0 saturated carbocycles. The number of aromatic nitrogens is 2. The third kappa shape index (κ3) is 4.50. The molecule has 29 heavy (non-hydrogen) atoms. The van der Waals surface area contributed by atoms with Gasteiger partial charge >= 0.3 is 0 Å². The molecule has 0 aliphatic rings. The van der Waals surface area contributed by atoms with Crippen LogP contribution in [0.15, 0.2) is 83.4 Å². The molecule has 6 heteroatoms. The fraction of sp³-hybridized carbons (Fsp3) is 0.0870. The zero-order valence-electron chi connectivity index (χ0n) is 15.8. The number of nitrogens with one attached hydrogen (secondary N) is 1. The Hall–Kier alpha value is -3.93. The quantitative estimate of drug-likeness (QED) is 0.519. The summed E-state index contributed by atoms with van der Waals surface area (Å²) in [6.07, 6.45) is 0. The van der Waals surface area contributed by atoms with E-state index in [1.807, 2.05) is 66.7 Å². The second-order valence-corrected chi connectivity index (χ2v) is 6.41. The zero-order chi connectivity index (χ0) is 20.1. The summed E-state index contributed by atoms with van der Waals surface area (Å²) in [6.45, 7) is 1.65. The minimum Gasteiger partial charge on any atom is -0.484 e. The lowest BCUT2D eigenvalue weighted by Gasteiger charge is -2.12. The summed E-state index contributed by atoms with van der Waals surface area (Å²) < 4.78 is 10.6. The fourth-order valence-corrected chi connectivity index (χ4v) is 2.91. The first kappa shape index (κ1) is 18.4. The average Bonchev–Trinajstić information content (AvgIpc) is 3.20. The molecule has 3 aromatic carbocycles. The minimum atomic E-state index is -0.230. The van der Waals surface area contributed by atoms with Crippen LogP contribution in [-0.4, -0.2) is 22.7 Å². The minimum absolute atomic E-state index is 0.0935. The first-order valence-corrected chi connectivity index (χ1v) is 9.17. The molecule has 1 amide bonds. The number of rotatable bonds is 6. The van der Waals surface area contributed by atoms with Crippen molar-refractivity contribution in [3.8, 4) is 28.3 Å². The van der Waals surface area contributed by atoms with E-state index in [1.54, 1.807) is 19.1 Å². The number of carbonyl (C=O) groups is 1. The topological polar surface area (TPSA) is 77.2 Å². The van der Waals surface area contributed by atoms with Crippen molar-refractivity contribution in [2.24, 2.45) is 0 Å². The normalized spacial score (nSPS) is 10.5. The number of para-hydroxylation sites is 1. The molecule has 0 aliphatic heterocycles. The predicted octanol–water partition coefficient (Wildman–Crippen LogP) is 4.73. The van der Waals surface area contributed by atoms with Gasteiger partial charge in [-0.2, -0.15) is 4.98 Å². The summed E-state index contributed by atoms with van der Waals surface area (Å²) in [5.41, 5.74) is 3.56. The van der Waals surface area contributed by atoms with Gasteiger partial charge in [-0.15, -0.1) is 0 Å². The van der Waals surface area contributed by atoms with Crippen LogP contribution in [0.1, 0.15) is 5.89 Å². The van der Waals surface area contributed by atoms with Gasteiger partial charge in [0.25, 0.3) is 5.91 Å². The maximum Gasteiger partial charge on any atom is 0.262 e. The SMILES string of the molecule is Cc1nc(-c2ccc(OCC(=O)Nc3ccccc3-c3ccccc3)cc2)no1. The van der Waals surface area contributed by atoms with E-state index in [2.05, 4.69) is 15.5 Å². The van der Waals surface area contributed by atoms with E-state index in [-0.39, 0.29) is 12.5 Å². The number of anilines is 1. The van der Waals surface area contributed by atoms with Crippen molar-refractivity contribution in [2.75, 3.05) is 11.9 Å². The summed E-state index contributed by atoms with van der Waals surface area (Å²) in [7, 11) is 0. The van der Waals surface area contributed by atoms with E-state index in [1.165, 1.54) is 0 Å². The zero-order valence-corrected chi connectivity index (χ0v) is 15.8. The van der Waals surface area contributed by atoms with Gasteiger partial charge < -0.3 is 14.6 Å². The van der Waals surface area contributed by atoms with Crippen molar-refractivity contribution in [3.05, 3.63) is 84.8 Å². The summed E-state index contributed by atoms with van der Waals surface area (Å²) in [6, 6.07) is 24.8. The maximum absolute atomic E-state index is 12.4. The van der Waals surface area contributed by atoms with Crippen molar-refractivity contribution >= 4 is 11.6 Å². The standard InChI is InChI=1S/C23H19N3O3/c1-16-24-23(26-29-16)18-11-13-19(14-12-18)28-15-22(27)25-21-10-6-5-9-20(21)17-7-3-2-4-8-17/h2-14H,15H2,1H3,(H,25,27). The van der Waals surface area contributed by atoms with E-state index >= 15 is 0 Å². The number of amides is 1. The van der Waals surface area contributed by atoms with Crippen LogP contribution in [-0.2, 0) is 4.79 Å². The van der Waals surface area contributed by atoms with Crippen molar-refractivity contribution in [3.63, 3.8) is 0 Å². The second kappa shape index (κ2) is 8.39. The first-order valence-electron chi connectivity index (χ1n) is 9.17. The van der Waals surface area contributed by atoms with Crippen LogP contribution >= 0.6 is 0 Å². The van der Waals surface area contributed by atoms with Gasteiger partial charge in [0.05, 0.1) is 0 Å². The highest BCUT2D eigenvalue weighted by molar-refractivity contribution is 5.96. The number of hydrogen-bond acceptors (Lipinski definition) is 5. The smallest absolute Gasteiger partial charge is 0.262 e. The van der Waals surface area contributed by atoms with Crippen LogP contribution in [0, 0.1) is 6.92 Å². The predicted molar refractivity (Wildman–Crippen MR) is 110 cm³/mol. The molecule has 0 bridgehead atoms. The van der Waals surface area contributed by atoms with Gasteiger partial charge in [0.15, 0.2) is 6.61 Å². The van der Waals surface area contributed by atoms with Crippen LogP contribution in [0.25, 0.3) is 22.5 Å². The van der Waals surface area contributed by atoms with Gasteiger partial charge in [-0.1, -0.05) is 53.7 Å². The number of nitrogens with zero attached hydrogens (tertiary/aromatic N) is 2. The highest BCUT2D eigenvalue weighted by Crippen LogP contribution is 2.27. The molecule has 0 spiro atoms. The van der Waals surface area contributed by atoms with Crippen LogP contribution in [0.2, 0.25) is 0 Å². The molecule has 0 saturated heterocycles. The van der Waals surface area contributed by atoms with Gasteiger partial charge in [0.2, 0.25) is 11.7 Å². The average molecular weight is 385 g/mol. The molecule has 4 rings (SSSR count). The Balaban J connectivity index is 1.39. The molecule has 0 radical (unpaired) electrons. The number of hydrogen-bond donors (Lipinski definition) is 1. The third-order valence-corrected chi connectivity index (χ3v) is 4.30. The summed E-state index contributed by atoms with van der Waals surface area (Å²) in [5.74, 6) is 1.38. The molecule has 0 atom stereocenters. The maximum atomic E-state index is 12.4. The van der Waals surface area contributed by atoms with Crippen LogP contribution in [0.4, 0.5) is 5.69 Å². The highest BCUT2D eigenvalue weighted by atomic mass is 16.5. The molecule has 1 aromatic heterocycles. The number of ether oxygens (including phenoxy) is 1. The molecule has 144 valence electrons. The van der Waals surface area contributed by atoms with E-state index < -0.39 is 0 Å². The molecule has 4 aromatic rings.